The van der Waals surface area contributed by atoms with E-state index in [9.17, 15) is 9.59 Å². The Morgan fingerprint density at radius 3 is 2.96 bits per heavy atom. The predicted octanol–water partition coefficient (Wildman–Crippen LogP) is 1.53. The van der Waals surface area contributed by atoms with Crippen LogP contribution in [0.2, 0.25) is 0 Å². The van der Waals surface area contributed by atoms with Crippen LogP contribution in [-0.4, -0.2) is 27.0 Å². The number of benzene rings is 1. The summed E-state index contributed by atoms with van der Waals surface area (Å²) in [6.45, 7) is 1.91. The number of carbonyl (C=O) groups excluding carboxylic acids is 2. The molecule has 7 heteroatoms. The Bertz CT molecular complexity index is 800. The molecule has 3 amide bonds. The van der Waals surface area contributed by atoms with E-state index in [1.54, 1.807) is 0 Å². The minimum atomic E-state index is -0.943. The average molecular weight is 312 g/mol. The van der Waals surface area contributed by atoms with Gasteiger partial charge in [-0.25, -0.2) is 4.79 Å². The number of rotatable bonds is 3. The number of hydrogen-bond donors (Lipinski definition) is 1. The third kappa shape index (κ3) is 1.96. The normalized spacial score (nSPS) is 22.7. The maximum Gasteiger partial charge on any atom is 0.325 e. The van der Waals surface area contributed by atoms with E-state index >= 15 is 0 Å². The molecule has 4 rings (SSSR count). The number of imide groups is 1. The molecule has 0 unspecified atom stereocenters. The molecular weight excluding hydrogens is 296 g/mol. The van der Waals surface area contributed by atoms with E-state index in [1.807, 2.05) is 31.2 Å². The van der Waals surface area contributed by atoms with Crippen molar-refractivity contribution in [3.8, 4) is 0 Å². The highest BCUT2D eigenvalue weighted by atomic mass is 16.5. The van der Waals surface area contributed by atoms with Gasteiger partial charge >= 0.3 is 6.03 Å². The first-order chi connectivity index (χ1) is 11.1. The number of carbonyl (C=O) groups is 2. The second-order valence-corrected chi connectivity index (χ2v) is 5.84. The fraction of sp³-hybridized carbons (Fsp3) is 0.375. The molecule has 1 atom stereocenters. The van der Waals surface area contributed by atoms with Crippen molar-refractivity contribution < 1.29 is 14.1 Å². The van der Waals surface area contributed by atoms with Crippen LogP contribution in [-0.2, 0) is 29.7 Å². The average Bonchev–Trinajstić information content (AvgIpc) is 3.23. The number of aryl methyl sites for hydroxylation is 2. The Balaban J connectivity index is 1.65. The van der Waals surface area contributed by atoms with Gasteiger partial charge in [-0.15, -0.1) is 0 Å². The Morgan fingerprint density at radius 2 is 2.17 bits per heavy atom. The van der Waals surface area contributed by atoms with Gasteiger partial charge in [0.1, 0.15) is 12.1 Å². The Kier molecular flexibility index (Phi) is 2.97. The van der Waals surface area contributed by atoms with Crippen LogP contribution in [0, 0.1) is 0 Å². The second kappa shape index (κ2) is 4.91. The Labute approximate surface area is 132 Å². The van der Waals surface area contributed by atoms with E-state index < -0.39 is 11.6 Å². The molecule has 0 saturated carbocycles. The first-order valence-corrected chi connectivity index (χ1v) is 7.68. The van der Waals surface area contributed by atoms with Gasteiger partial charge in [0.15, 0.2) is 5.82 Å². The van der Waals surface area contributed by atoms with Crippen molar-refractivity contribution in [1.82, 2.24) is 20.4 Å². The topological polar surface area (TPSA) is 88.3 Å². The van der Waals surface area contributed by atoms with E-state index in [2.05, 4.69) is 15.5 Å². The number of amides is 3. The maximum atomic E-state index is 12.9. The molecular formula is C16H16N4O3. The molecule has 1 saturated heterocycles. The third-order valence-electron chi connectivity index (χ3n) is 4.54. The minimum absolute atomic E-state index is 0.00157. The van der Waals surface area contributed by atoms with E-state index in [-0.39, 0.29) is 18.3 Å². The molecule has 1 aliphatic heterocycles. The fourth-order valence-electron chi connectivity index (χ4n) is 3.37. The van der Waals surface area contributed by atoms with Crippen LogP contribution in [0.15, 0.2) is 28.8 Å². The van der Waals surface area contributed by atoms with Crippen molar-refractivity contribution in [2.24, 2.45) is 0 Å². The molecule has 1 aliphatic carbocycles. The molecule has 2 heterocycles. The summed E-state index contributed by atoms with van der Waals surface area (Å²) in [5, 5.41) is 6.67. The molecule has 0 bridgehead atoms. The molecule has 7 nitrogen and oxygen atoms in total. The van der Waals surface area contributed by atoms with Crippen LogP contribution in [0.3, 0.4) is 0 Å². The highest BCUT2D eigenvalue weighted by molar-refractivity contribution is 6.07. The second-order valence-electron chi connectivity index (χ2n) is 5.84. The number of aromatic nitrogens is 2. The summed E-state index contributed by atoms with van der Waals surface area (Å²) in [7, 11) is 0. The van der Waals surface area contributed by atoms with Crippen molar-refractivity contribution >= 4 is 11.9 Å². The zero-order chi connectivity index (χ0) is 16.0. The standard InChI is InChI=1S/C16H16N4O3/c1-2-12-17-13(23-19-12)9-20-14(21)16(18-15(20)22)8-7-10-5-3-4-6-11(10)16/h3-6H,2,7-9H2,1H3,(H,18,22)/t16-/m1/s1. The molecule has 2 aromatic rings. The summed E-state index contributed by atoms with van der Waals surface area (Å²) < 4.78 is 5.10. The number of nitrogens with zero attached hydrogens (tertiary/aromatic N) is 3. The summed E-state index contributed by atoms with van der Waals surface area (Å²) in [5.41, 5.74) is 1.05. The lowest BCUT2D eigenvalue weighted by Gasteiger charge is -2.21. The summed E-state index contributed by atoms with van der Waals surface area (Å²) in [6.07, 6.45) is 2.00. The Hall–Kier alpha value is -2.70. The van der Waals surface area contributed by atoms with Crippen LogP contribution in [0.5, 0.6) is 0 Å². The summed E-state index contributed by atoms with van der Waals surface area (Å²) in [5.74, 6) is 0.588. The first kappa shape index (κ1) is 13.9. The monoisotopic (exact) mass is 312 g/mol. The number of fused-ring (bicyclic) bond motifs is 2. The first-order valence-electron chi connectivity index (χ1n) is 7.68. The number of nitrogens with one attached hydrogen (secondary N) is 1. The van der Waals surface area contributed by atoms with Crippen LogP contribution in [0.25, 0.3) is 0 Å². The molecule has 2 aliphatic rings. The maximum absolute atomic E-state index is 12.9. The zero-order valence-corrected chi connectivity index (χ0v) is 12.7. The van der Waals surface area contributed by atoms with E-state index in [1.165, 1.54) is 0 Å². The van der Waals surface area contributed by atoms with Crippen molar-refractivity contribution in [1.29, 1.82) is 0 Å². The molecule has 1 aromatic carbocycles. The van der Waals surface area contributed by atoms with Gasteiger partial charge in [-0.05, 0) is 24.0 Å². The molecule has 23 heavy (non-hydrogen) atoms. The van der Waals surface area contributed by atoms with Crippen LogP contribution in [0.4, 0.5) is 4.79 Å². The molecule has 1 N–H and O–H groups in total. The molecule has 118 valence electrons. The quantitative estimate of drug-likeness (QED) is 0.868. The SMILES string of the molecule is CCc1noc(CN2C(=O)N[C@@]3(CCc4ccccc43)C2=O)n1. The van der Waals surface area contributed by atoms with Gasteiger partial charge in [-0.1, -0.05) is 36.3 Å². The van der Waals surface area contributed by atoms with Crippen LogP contribution >= 0.6 is 0 Å². The lowest BCUT2D eigenvalue weighted by molar-refractivity contribution is -0.132. The lowest BCUT2D eigenvalue weighted by Crippen LogP contribution is -2.41. The summed E-state index contributed by atoms with van der Waals surface area (Å²) in [4.78, 5) is 30.6. The predicted molar refractivity (Wildman–Crippen MR) is 79.2 cm³/mol. The van der Waals surface area contributed by atoms with Crippen molar-refractivity contribution in [3.05, 3.63) is 47.1 Å². The van der Waals surface area contributed by atoms with E-state index in [4.69, 9.17) is 4.52 Å². The minimum Gasteiger partial charge on any atom is -0.337 e. The van der Waals surface area contributed by atoms with Gasteiger partial charge in [0.2, 0.25) is 5.89 Å². The summed E-state index contributed by atoms with van der Waals surface area (Å²) in [6, 6.07) is 7.33. The molecule has 1 spiro atoms. The van der Waals surface area contributed by atoms with Crippen LogP contribution < -0.4 is 5.32 Å². The van der Waals surface area contributed by atoms with Gasteiger partial charge in [0.25, 0.3) is 5.91 Å². The van der Waals surface area contributed by atoms with Gasteiger partial charge in [-0.3, -0.25) is 9.69 Å². The van der Waals surface area contributed by atoms with Crippen molar-refractivity contribution in [3.63, 3.8) is 0 Å². The fourth-order valence-corrected chi connectivity index (χ4v) is 3.37. The van der Waals surface area contributed by atoms with Crippen molar-refractivity contribution in [2.75, 3.05) is 0 Å². The highest BCUT2D eigenvalue weighted by Crippen LogP contribution is 2.41. The van der Waals surface area contributed by atoms with E-state index in [0.717, 1.165) is 22.4 Å². The molecule has 0 radical (unpaired) electrons. The number of urea groups is 1. The molecule has 1 aromatic heterocycles. The van der Waals surface area contributed by atoms with Gasteiger partial charge in [0.05, 0.1) is 0 Å². The van der Waals surface area contributed by atoms with Crippen molar-refractivity contribution in [2.45, 2.75) is 38.3 Å². The van der Waals surface area contributed by atoms with E-state index in [0.29, 0.717) is 18.7 Å². The van der Waals surface area contributed by atoms with Gasteiger partial charge < -0.3 is 9.84 Å². The Morgan fingerprint density at radius 1 is 1.35 bits per heavy atom. The summed E-state index contributed by atoms with van der Waals surface area (Å²) >= 11 is 0. The highest BCUT2D eigenvalue weighted by Gasteiger charge is 2.55. The van der Waals surface area contributed by atoms with Gasteiger partial charge in [-0.2, -0.15) is 4.98 Å². The van der Waals surface area contributed by atoms with Crippen LogP contribution in [0.1, 0.15) is 36.2 Å². The largest absolute Gasteiger partial charge is 0.337 e. The third-order valence-corrected chi connectivity index (χ3v) is 4.54. The lowest BCUT2D eigenvalue weighted by atomic mass is 9.92. The number of hydrogen-bond acceptors (Lipinski definition) is 5. The molecule has 1 fully saturated rings. The van der Waals surface area contributed by atoms with Gasteiger partial charge in [0, 0.05) is 6.42 Å². The zero-order valence-electron chi connectivity index (χ0n) is 12.7. The smallest absolute Gasteiger partial charge is 0.325 e.